The summed E-state index contributed by atoms with van der Waals surface area (Å²) < 4.78 is 33.0. The van der Waals surface area contributed by atoms with Gasteiger partial charge in [0.1, 0.15) is 6.07 Å². The zero-order chi connectivity index (χ0) is 16.8. The number of nitriles is 1. The second-order valence-corrected chi connectivity index (χ2v) is 8.29. The molecule has 2 heterocycles. The second kappa shape index (κ2) is 5.47. The van der Waals surface area contributed by atoms with Gasteiger partial charge >= 0.3 is 0 Å². The van der Waals surface area contributed by atoms with E-state index < -0.39 is 15.6 Å². The summed E-state index contributed by atoms with van der Waals surface area (Å²) in [6, 6.07) is 14.5. The third-order valence-electron chi connectivity index (χ3n) is 5.38. The topological polar surface area (TPSA) is 74.3 Å². The van der Waals surface area contributed by atoms with Gasteiger partial charge in [0.05, 0.1) is 5.54 Å². The Labute approximate surface area is 141 Å². The van der Waals surface area contributed by atoms with Gasteiger partial charge in [-0.1, -0.05) is 43.2 Å². The monoisotopic (exact) mass is 342 g/mol. The van der Waals surface area contributed by atoms with Crippen molar-refractivity contribution >= 4 is 10.0 Å². The van der Waals surface area contributed by atoms with Gasteiger partial charge in [0, 0.05) is 6.54 Å². The van der Waals surface area contributed by atoms with Crippen LogP contribution in [0.4, 0.5) is 0 Å². The van der Waals surface area contributed by atoms with Crippen LogP contribution in [-0.4, -0.2) is 19.3 Å². The molecule has 1 aliphatic carbocycles. The van der Waals surface area contributed by atoms with Crippen molar-refractivity contribution in [1.82, 2.24) is 4.31 Å². The SMILES string of the molecule is N#Cc1ccc(S(=O)(=O)N2CC3CCCCC32c2ccccc2)o1. The summed E-state index contributed by atoms with van der Waals surface area (Å²) in [6.45, 7) is 0.514. The lowest BCUT2D eigenvalue weighted by atomic mass is 9.63. The molecule has 2 atom stereocenters. The Morgan fingerprint density at radius 1 is 1.17 bits per heavy atom. The molecular formula is C18H18N2O3S. The zero-order valence-corrected chi connectivity index (χ0v) is 14.0. The molecule has 4 rings (SSSR count). The Bertz CT molecular complexity index is 898. The summed E-state index contributed by atoms with van der Waals surface area (Å²) in [5, 5.41) is 8.75. The molecule has 6 heteroatoms. The molecule has 2 fully saturated rings. The molecule has 5 nitrogen and oxygen atoms in total. The number of hydrogen-bond acceptors (Lipinski definition) is 4. The van der Waals surface area contributed by atoms with Crippen molar-refractivity contribution in [1.29, 1.82) is 5.26 Å². The molecule has 1 saturated carbocycles. The first-order valence-electron chi connectivity index (χ1n) is 8.17. The Balaban J connectivity index is 1.79. The molecule has 1 aliphatic heterocycles. The van der Waals surface area contributed by atoms with Gasteiger partial charge in [0.2, 0.25) is 10.9 Å². The molecule has 0 radical (unpaired) electrons. The van der Waals surface area contributed by atoms with E-state index >= 15 is 0 Å². The van der Waals surface area contributed by atoms with Crippen molar-refractivity contribution in [2.24, 2.45) is 5.92 Å². The van der Waals surface area contributed by atoms with Crippen molar-refractivity contribution in [2.75, 3.05) is 6.54 Å². The molecule has 2 aliphatic rings. The van der Waals surface area contributed by atoms with Crippen LogP contribution in [0.5, 0.6) is 0 Å². The lowest BCUT2D eigenvalue weighted by Gasteiger charge is -2.60. The highest BCUT2D eigenvalue weighted by atomic mass is 32.2. The molecule has 1 saturated heterocycles. The molecule has 0 bridgehead atoms. The van der Waals surface area contributed by atoms with Crippen LogP contribution in [0.2, 0.25) is 0 Å². The Morgan fingerprint density at radius 2 is 1.96 bits per heavy atom. The lowest BCUT2D eigenvalue weighted by Crippen LogP contribution is -2.67. The van der Waals surface area contributed by atoms with Gasteiger partial charge in [-0.05, 0) is 36.5 Å². The van der Waals surface area contributed by atoms with Crippen LogP contribution < -0.4 is 0 Å². The molecule has 1 aromatic carbocycles. The summed E-state index contributed by atoms with van der Waals surface area (Å²) in [7, 11) is -3.75. The van der Waals surface area contributed by atoms with Crippen LogP contribution in [0.3, 0.4) is 0 Å². The van der Waals surface area contributed by atoms with Gasteiger partial charge in [-0.25, -0.2) is 8.42 Å². The Hall–Kier alpha value is -2.10. The Kier molecular flexibility index (Phi) is 3.52. The van der Waals surface area contributed by atoms with Gasteiger partial charge in [-0.3, -0.25) is 0 Å². The first kappa shape index (κ1) is 15.4. The lowest BCUT2D eigenvalue weighted by molar-refractivity contribution is -0.0512. The highest BCUT2D eigenvalue weighted by Gasteiger charge is 2.60. The summed E-state index contributed by atoms with van der Waals surface area (Å²) >= 11 is 0. The van der Waals surface area contributed by atoms with E-state index in [-0.39, 0.29) is 10.9 Å². The average molecular weight is 342 g/mol. The largest absolute Gasteiger partial charge is 0.433 e. The molecular weight excluding hydrogens is 324 g/mol. The van der Waals surface area contributed by atoms with Crippen LogP contribution in [0.15, 0.2) is 52.0 Å². The highest BCUT2D eigenvalue weighted by molar-refractivity contribution is 7.89. The maximum atomic E-state index is 13.1. The predicted octanol–water partition coefficient (Wildman–Crippen LogP) is 3.24. The van der Waals surface area contributed by atoms with Crippen molar-refractivity contribution in [2.45, 2.75) is 36.3 Å². The summed E-state index contributed by atoms with van der Waals surface area (Å²) in [6.07, 6.45) is 4.03. The summed E-state index contributed by atoms with van der Waals surface area (Å²) in [5.74, 6) is 0.358. The number of rotatable bonds is 3. The zero-order valence-electron chi connectivity index (χ0n) is 13.2. The summed E-state index contributed by atoms with van der Waals surface area (Å²) in [4.78, 5) is 0. The molecule has 24 heavy (non-hydrogen) atoms. The average Bonchev–Trinajstić information content (AvgIpc) is 3.07. The third-order valence-corrected chi connectivity index (χ3v) is 7.16. The van der Waals surface area contributed by atoms with Crippen LogP contribution in [0, 0.1) is 17.2 Å². The quantitative estimate of drug-likeness (QED) is 0.858. The molecule has 1 aromatic heterocycles. The normalized spacial score (nSPS) is 27.0. The molecule has 0 amide bonds. The van der Waals surface area contributed by atoms with E-state index in [1.807, 2.05) is 36.4 Å². The van der Waals surface area contributed by atoms with Gasteiger partial charge < -0.3 is 4.42 Å². The van der Waals surface area contributed by atoms with Gasteiger partial charge in [-0.2, -0.15) is 9.57 Å². The van der Waals surface area contributed by atoms with Gasteiger partial charge in [-0.15, -0.1) is 0 Å². The first-order valence-corrected chi connectivity index (χ1v) is 9.61. The van der Waals surface area contributed by atoms with Crippen LogP contribution in [0.1, 0.15) is 37.0 Å². The van der Waals surface area contributed by atoms with Crippen molar-refractivity contribution < 1.29 is 12.8 Å². The fourth-order valence-corrected chi connectivity index (χ4v) is 6.04. The minimum absolute atomic E-state index is 0.0167. The van der Waals surface area contributed by atoms with E-state index in [1.165, 1.54) is 12.1 Å². The van der Waals surface area contributed by atoms with Gasteiger partial charge in [0.25, 0.3) is 10.0 Å². The molecule has 0 spiro atoms. The second-order valence-electron chi connectivity index (χ2n) is 6.50. The summed E-state index contributed by atoms with van der Waals surface area (Å²) in [5.41, 5.74) is 0.578. The number of benzene rings is 1. The van der Waals surface area contributed by atoms with Crippen molar-refractivity contribution in [3.05, 3.63) is 53.8 Å². The van der Waals surface area contributed by atoms with E-state index in [1.54, 1.807) is 4.31 Å². The highest BCUT2D eigenvalue weighted by Crippen LogP contribution is 2.55. The van der Waals surface area contributed by atoms with E-state index in [2.05, 4.69) is 0 Å². The minimum atomic E-state index is -3.75. The number of hydrogen-bond donors (Lipinski definition) is 0. The number of nitrogens with zero attached hydrogens (tertiary/aromatic N) is 2. The minimum Gasteiger partial charge on any atom is -0.433 e. The Morgan fingerprint density at radius 3 is 2.62 bits per heavy atom. The van der Waals surface area contributed by atoms with Crippen LogP contribution in [0.25, 0.3) is 0 Å². The van der Waals surface area contributed by atoms with Crippen LogP contribution >= 0.6 is 0 Å². The van der Waals surface area contributed by atoms with E-state index in [4.69, 9.17) is 9.68 Å². The van der Waals surface area contributed by atoms with Crippen molar-refractivity contribution in [3.8, 4) is 6.07 Å². The third kappa shape index (κ3) is 2.05. The van der Waals surface area contributed by atoms with Gasteiger partial charge in [0.15, 0.2) is 0 Å². The molecule has 124 valence electrons. The van der Waals surface area contributed by atoms with Crippen LogP contribution in [-0.2, 0) is 15.6 Å². The van der Waals surface area contributed by atoms with E-state index in [9.17, 15) is 8.42 Å². The molecule has 0 N–H and O–H groups in total. The van der Waals surface area contributed by atoms with E-state index in [0.29, 0.717) is 12.5 Å². The maximum Gasteiger partial charge on any atom is 0.277 e. The standard InChI is InChI=1S/C18H18N2O3S/c19-12-16-9-10-17(23-16)24(21,22)20-13-15-8-4-5-11-18(15,20)14-6-2-1-3-7-14/h1-3,6-7,9-10,15H,4-5,8,11,13H2. The van der Waals surface area contributed by atoms with E-state index in [0.717, 1.165) is 31.2 Å². The fourth-order valence-electron chi connectivity index (χ4n) is 4.24. The smallest absolute Gasteiger partial charge is 0.277 e. The van der Waals surface area contributed by atoms with Crippen molar-refractivity contribution in [3.63, 3.8) is 0 Å². The predicted molar refractivity (Wildman–Crippen MR) is 87.4 cm³/mol. The molecule has 2 unspecified atom stereocenters. The molecule has 2 aromatic rings. The maximum absolute atomic E-state index is 13.1. The number of sulfonamides is 1. The number of fused-ring (bicyclic) bond motifs is 1. The number of furan rings is 1. The first-order chi connectivity index (χ1) is 11.6. The fraction of sp³-hybridized carbons (Fsp3) is 0.389.